The van der Waals surface area contributed by atoms with Crippen LogP contribution in [0.5, 0.6) is 11.5 Å². The number of fused-ring (bicyclic) bond motifs is 1. The highest BCUT2D eigenvalue weighted by atomic mass is 32.2. The zero-order valence-electron chi connectivity index (χ0n) is 15.9. The van der Waals surface area contributed by atoms with Gasteiger partial charge >= 0.3 is 0 Å². The molecule has 0 amide bonds. The zero-order chi connectivity index (χ0) is 20.4. The van der Waals surface area contributed by atoms with Gasteiger partial charge in [0, 0.05) is 11.8 Å². The monoisotopic (exact) mass is 429 g/mol. The van der Waals surface area contributed by atoms with Gasteiger partial charge in [-0.3, -0.25) is 0 Å². The number of hydrogen-bond acceptors (Lipinski definition) is 7. The van der Waals surface area contributed by atoms with Gasteiger partial charge in [-0.15, -0.1) is 11.3 Å². The van der Waals surface area contributed by atoms with Crippen molar-refractivity contribution in [1.82, 2.24) is 0 Å². The number of ether oxygens (including phenoxy) is 2. The minimum atomic E-state index is -3.22. The highest BCUT2D eigenvalue weighted by molar-refractivity contribution is 7.90. The van der Waals surface area contributed by atoms with E-state index in [0.717, 1.165) is 33.0 Å². The molecule has 2 aromatic carbocycles. The van der Waals surface area contributed by atoms with E-state index in [-0.39, 0.29) is 6.79 Å². The highest BCUT2D eigenvalue weighted by Crippen LogP contribution is 2.33. The van der Waals surface area contributed by atoms with Crippen LogP contribution in [0.1, 0.15) is 17.4 Å². The fourth-order valence-electron chi connectivity index (χ4n) is 2.97. The van der Waals surface area contributed by atoms with Gasteiger partial charge in [-0.2, -0.15) is 0 Å². The molecule has 150 valence electrons. The number of oxime groups is 1. The summed E-state index contributed by atoms with van der Waals surface area (Å²) in [6.45, 7) is 2.45. The number of nitrogens with zero attached hydrogens (tertiary/aromatic N) is 1. The molecule has 1 aromatic heterocycles. The average Bonchev–Trinajstić information content (AvgIpc) is 3.36. The van der Waals surface area contributed by atoms with E-state index in [2.05, 4.69) is 5.16 Å². The van der Waals surface area contributed by atoms with E-state index in [1.165, 1.54) is 6.26 Å². The fraction of sp³-hybridized carbons (Fsp3) is 0.190. The van der Waals surface area contributed by atoms with Gasteiger partial charge < -0.3 is 14.3 Å². The number of benzene rings is 2. The molecule has 0 N–H and O–H groups in total. The highest BCUT2D eigenvalue weighted by Gasteiger charge is 2.14. The first-order valence-corrected chi connectivity index (χ1v) is 11.6. The molecule has 1 aliphatic rings. The van der Waals surface area contributed by atoms with Crippen LogP contribution in [0.3, 0.4) is 0 Å². The molecule has 29 heavy (non-hydrogen) atoms. The first kappa shape index (κ1) is 19.5. The van der Waals surface area contributed by atoms with Crippen LogP contribution >= 0.6 is 11.3 Å². The second-order valence-electron chi connectivity index (χ2n) is 6.60. The molecule has 1 aliphatic heterocycles. The summed E-state index contributed by atoms with van der Waals surface area (Å²) in [7, 11) is -3.22. The maximum absolute atomic E-state index is 11.7. The van der Waals surface area contributed by atoms with Crippen LogP contribution in [0.2, 0.25) is 0 Å². The molecule has 6 nitrogen and oxygen atoms in total. The van der Waals surface area contributed by atoms with Crippen LogP contribution in [0, 0.1) is 0 Å². The molecule has 3 aromatic rings. The van der Waals surface area contributed by atoms with E-state index in [4.69, 9.17) is 14.3 Å². The summed E-state index contributed by atoms with van der Waals surface area (Å²) >= 11 is 1.56. The molecule has 0 aliphatic carbocycles. The van der Waals surface area contributed by atoms with Crippen LogP contribution in [-0.4, -0.2) is 27.2 Å². The molecule has 0 saturated heterocycles. The molecule has 0 fully saturated rings. The van der Waals surface area contributed by atoms with Gasteiger partial charge in [-0.05, 0) is 53.8 Å². The summed E-state index contributed by atoms with van der Waals surface area (Å²) < 4.78 is 34.0. The predicted molar refractivity (Wildman–Crippen MR) is 112 cm³/mol. The van der Waals surface area contributed by atoms with Crippen molar-refractivity contribution in [1.29, 1.82) is 0 Å². The smallest absolute Gasteiger partial charge is 0.231 e. The summed E-state index contributed by atoms with van der Waals surface area (Å²) in [5.41, 5.74) is 3.61. The molecule has 0 unspecified atom stereocenters. The summed E-state index contributed by atoms with van der Waals surface area (Å²) in [4.78, 5) is 6.81. The molecular weight excluding hydrogens is 410 g/mol. The van der Waals surface area contributed by atoms with Gasteiger partial charge in [0.05, 0.1) is 15.5 Å². The molecule has 0 bridgehead atoms. The Morgan fingerprint density at radius 2 is 1.86 bits per heavy atom. The minimum absolute atomic E-state index is 0.239. The Bertz CT molecular complexity index is 1160. The lowest BCUT2D eigenvalue weighted by atomic mass is 10.1. The fourth-order valence-corrected chi connectivity index (χ4v) is 4.47. The van der Waals surface area contributed by atoms with Crippen molar-refractivity contribution in [3.05, 3.63) is 64.4 Å². The third-order valence-electron chi connectivity index (χ3n) is 4.46. The van der Waals surface area contributed by atoms with Crippen LogP contribution < -0.4 is 9.47 Å². The Labute approximate surface area is 173 Å². The van der Waals surface area contributed by atoms with Crippen LogP contribution in [0.4, 0.5) is 0 Å². The van der Waals surface area contributed by atoms with E-state index >= 15 is 0 Å². The molecule has 0 radical (unpaired) electrons. The average molecular weight is 430 g/mol. The number of hydrogen-bond donors (Lipinski definition) is 0. The molecule has 0 saturated carbocycles. The first-order valence-electron chi connectivity index (χ1n) is 8.85. The lowest BCUT2D eigenvalue weighted by Crippen LogP contribution is -1.98. The third-order valence-corrected chi connectivity index (χ3v) is 6.61. The maximum Gasteiger partial charge on any atom is 0.231 e. The molecule has 2 heterocycles. The molecule has 0 atom stereocenters. The Morgan fingerprint density at radius 1 is 1.10 bits per heavy atom. The standard InChI is InChI=1S/C21H19NO5S2/c1-14(22-27-12-15-3-8-19-20(11-15)26-13-25-19)21-18(9-10-28-21)16-4-6-17(7-5-16)29(2,23)24/h3-11H,12-13H2,1-2H3/b22-14+. The SMILES string of the molecule is C/C(=N\OCc1ccc2c(c1)OCO2)c1sccc1-c1ccc(S(C)(=O)=O)cc1. The van der Waals surface area contributed by atoms with Crippen molar-refractivity contribution in [2.75, 3.05) is 13.0 Å². The quantitative estimate of drug-likeness (QED) is 0.426. The van der Waals surface area contributed by atoms with Crippen molar-refractivity contribution in [3.8, 4) is 22.6 Å². The van der Waals surface area contributed by atoms with E-state index in [9.17, 15) is 8.42 Å². The zero-order valence-corrected chi connectivity index (χ0v) is 17.5. The van der Waals surface area contributed by atoms with Gasteiger partial charge in [0.2, 0.25) is 6.79 Å². The molecule has 8 heteroatoms. The van der Waals surface area contributed by atoms with Crippen LogP contribution in [-0.2, 0) is 21.3 Å². The van der Waals surface area contributed by atoms with E-state index in [0.29, 0.717) is 17.3 Å². The van der Waals surface area contributed by atoms with Gasteiger partial charge in [-0.25, -0.2) is 8.42 Å². The van der Waals surface area contributed by atoms with Crippen molar-refractivity contribution < 1.29 is 22.7 Å². The summed E-state index contributed by atoms with van der Waals surface area (Å²) in [5.74, 6) is 1.45. The summed E-state index contributed by atoms with van der Waals surface area (Å²) in [6, 6.07) is 14.5. The minimum Gasteiger partial charge on any atom is -0.454 e. The van der Waals surface area contributed by atoms with Crippen LogP contribution in [0.25, 0.3) is 11.1 Å². The molecule has 0 spiro atoms. The topological polar surface area (TPSA) is 74.2 Å². The normalized spacial score (nSPS) is 13.5. The Kier molecular flexibility index (Phi) is 5.29. The van der Waals surface area contributed by atoms with E-state index in [1.54, 1.807) is 23.5 Å². The summed E-state index contributed by atoms with van der Waals surface area (Å²) in [5, 5.41) is 6.24. The summed E-state index contributed by atoms with van der Waals surface area (Å²) in [6.07, 6.45) is 1.20. The van der Waals surface area contributed by atoms with Crippen molar-refractivity contribution >= 4 is 26.9 Å². The van der Waals surface area contributed by atoms with Crippen LogP contribution in [0.15, 0.2) is 64.0 Å². The maximum atomic E-state index is 11.7. The lowest BCUT2D eigenvalue weighted by Gasteiger charge is -2.06. The Morgan fingerprint density at radius 3 is 2.62 bits per heavy atom. The second-order valence-corrected chi connectivity index (χ2v) is 9.53. The van der Waals surface area contributed by atoms with Crippen molar-refractivity contribution in [2.24, 2.45) is 5.16 Å². The van der Waals surface area contributed by atoms with Crippen molar-refractivity contribution in [3.63, 3.8) is 0 Å². The number of thiophene rings is 1. The third kappa shape index (κ3) is 4.28. The second kappa shape index (κ2) is 7.88. The first-order chi connectivity index (χ1) is 13.9. The van der Waals surface area contributed by atoms with Gasteiger partial charge in [-0.1, -0.05) is 23.4 Å². The van der Waals surface area contributed by atoms with Gasteiger partial charge in [0.15, 0.2) is 21.3 Å². The molecule has 4 rings (SSSR count). The lowest BCUT2D eigenvalue weighted by molar-refractivity contribution is 0.130. The Hall–Kier alpha value is -2.84. The number of rotatable bonds is 6. The Balaban J connectivity index is 1.48. The predicted octanol–water partition coefficient (Wildman–Crippen LogP) is 4.49. The van der Waals surface area contributed by atoms with E-state index in [1.807, 2.05) is 48.7 Å². The molecular formula is C21H19NO5S2. The van der Waals surface area contributed by atoms with Crippen molar-refractivity contribution in [2.45, 2.75) is 18.4 Å². The van der Waals surface area contributed by atoms with Gasteiger partial charge in [0.1, 0.15) is 6.61 Å². The van der Waals surface area contributed by atoms with E-state index < -0.39 is 9.84 Å². The largest absolute Gasteiger partial charge is 0.454 e. The van der Waals surface area contributed by atoms with Gasteiger partial charge in [0.25, 0.3) is 0 Å². The number of sulfone groups is 1.